The Kier molecular flexibility index (Phi) is 4.57. The van der Waals surface area contributed by atoms with Gasteiger partial charge in [0.2, 0.25) is 0 Å². The van der Waals surface area contributed by atoms with Crippen molar-refractivity contribution in [3.8, 4) is 17.2 Å². The van der Waals surface area contributed by atoms with E-state index in [-0.39, 0.29) is 35.3 Å². The van der Waals surface area contributed by atoms with Crippen LogP contribution in [0.25, 0.3) is 0 Å². The number of nitrogens with zero attached hydrogens (tertiary/aromatic N) is 1. The molecule has 0 saturated carbocycles. The standard InChI is InChI=1S/C15H13NO6/c1-21-15-7-10(5-6-13(15)17)14(18)9-22-12-4-2-3-11(8-12)16(19)20/h2-8,17H,9H2,1H3. The minimum absolute atomic E-state index is 0.0707. The molecule has 0 atom stereocenters. The molecule has 1 N–H and O–H groups in total. The molecule has 0 unspecified atom stereocenters. The number of aromatic hydroxyl groups is 1. The SMILES string of the molecule is COc1cc(C(=O)COc2cccc([N+](=O)[O-])c2)ccc1O. The lowest BCUT2D eigenvalue weighted by molar-refractivity contribution is -0.384. The Morgan fingerprint density at radius 1 is 1.27 bits per heavy atom. The molecule has 0 fully saturated rings. The van der Waals surface area contributed by atoms with Gasteiger partial charge >= 0.3 is 0 Å². The molecule has 7 heteroatoms. The van der Waals surface area contributed by atoms with Gasteiger partial charge in [0.05, 0.1) is 18.1 Å². The number of phenols is 1. The number of carbonyl (C=O) groups is 1. The molecule has 22 heavy (non-hydrogen) atoms. The van der Waals surface area contributed by atoms with E-state index in [9.17, 15) is 20.0 Å². The third-order valence-corrected chi connectivity index (χ3v) is 2.90. The number of nitro groups is 1. The van der Waals surface area contributed by atoms with Crippen molar-refractivity contribution in [3.63, 3.8) is 0 Å². The van der Waals surface area contributed by atoms with Crippen molar-refractivity contribution in [2.75, 3.05) is 13.7 Å². The van der Waals surface area contributed by atoms with Crippen molar-refractivity contribution in [3.05, 3.63) is 58.1 Å². The number of methoxy groups -OCH3 is 1. The first-order chi connectivity index (χ1) is 10.5. The molecule has 0 saturated heterocycles. The van der Waals surface area contributed by atoms with Crippen LogP contribution in [0.3, 0.4) is 0 Å². The van der Waals surface area contributed by atoms with E-state index < -0.39 is 4.92 Å². The first kappa shape index (κ1) is 15.3. The van der Waals surface area contributed by atoms with E-state index in [0.29, 0.717) is 5.56 Å². The molecular weight excluding hydrogens is 290 g/mol. The first-order valence-electron chi connectivity index (χ1n) is 6.28. The van der Waals surface area contributed by atoms with Crippen LogP contribution in [0.1, 0.15) is 10.4 Å². The highest BCUT2D eigenvalue weighted by atomic mass is 16.6. The number of hydrogen-bond acceptors (Lipinski definition) is 6. The molecular formula is C15H13NO6. The summed E-state index contributed by atoms with van der Waals surface area (Å²) in [6.07, 6.45) is 0. The summed E-state index contributed by atoms with van der Waals surface area (Å²) in [6, 6.07) is 9.76. The average Bonchev–Trinajstić information content (AvgIpc) is 2.53. The third-order valence-electron chi connectivity index (χ3n) is 2.90. The first-order valence-corrected chi connectivity index (χ1v) is 6.28. The van der Waals surface area contributed by atoms with Gasteiger partial charge in [-0.1, -0.05) is 6.07 Å². The van der Waals surface area contributed by atoms with Gasteiger partial charge in [0, 0.05) is 11.6 Å². The van der Waals surface area contributed by atoms with E-state index in [0.717, 1.165) is 0 Å². The van der Waals surface area contributed by atoms with Crippen molar-refractivity contribution >= 4 is 11.5 Å². The fraction of sp³-hybridized carbons (Fsp3) is 0.133. The van der Waals surface area contributed by atoms with Crippen LogP contribution in [0.2, 0.25) is 0 Å². The Labute approximate surface area is 125 Å². The zero-order valence-corrected chi connectivity index (χ0v) is 11.7. The van der Waals surface area contributed by atoms with Crippen molar-refractivity contribution in [1.29, 1.82) is 0 Å². The molecule has 0 aromatic heterocycles. The molecule has 2 aromatic rings. The maximum absolute atomic E-state index is 12.0. The number of hydrogen-bond donors (Lipinski definition) is 1. The topological polar surface area (TPSA) is 98.9 Å². The predicted octanol–water partition coefficient (Wildman–Crippen LogP) is 2.57. The van der Waals surface area contributed by atoms with Crippen LogP contribution in [0.5, 0.6) is 17.2 Å². The number of carbonyl (C=O) groups excluding carboxylic acids is 1. The summed E-state index contributed by atoms with van der Waals surface area (Å²) in [5.74, 6) is -0.00190. The highest BCUT2D eigenvalue weighted by molar-refractivity contribution is 5.97. The third kappa shape index (κ3) is 3.51. The van der Waals surface area contributed by atoms with Crippen LogP contribution in [0.4, 0.5) is 5.69 Å². The quantitative estimate of drug-likeness (QED) is 0.500. The van der Waals surface area contributed by atoms with E-state index in [4.69, 9.17) is 9.47 Å². The molecule has 0 spiro atoms. The number of rotatable bonds is 6. The Bertz CT molecular complexity index is 713. The minimum Gasteiger partial charge on any atom is -0.504 e. The van der Waals surface area contributed by atoms with Gasteiger partial charge in [-0.2, -0.15) is 0 Å². The molecule has 0 aliphatic rings. The highest BCUT2D eigenvalue weighted by Crippen LogP contribution is 2.26. The lowest BCUT2D eigenvalue weighted by Gasteiger charge is -2.07. The van der Waals surface area contributed by atoms with Gasteiger partial charge in [0.15, 0.2) is 23.9 Å². The highest BCUT2D eigenvalue weighted by Gasteiger charge is 2.12. The van der Waals surface area contributed by atoms with E-state index in [1.165, 1.54) is 49.6 Å². The largest absolute Gasteiger partial charge is 0.504 e. The summed E-state index contributed by atoms with van der Waals surface area (Å²) in [7, 11) is 1.38. The van der Waals surface area contributed by atoms with Crippen LogP contribution in [-0.2, 0) is 0 Å². The molecule has 7 nitrogen and oxygen atoms in total. The molecule has 0 radical (unpaired) electrons. The monoisotopic (exact) mass is 303 g/mol. The van der Waals surface area contributed by atoms with Crippen LogP contribution in [0, 0.1) is 10.1 Å². The van der Waals surface area contributed by atoms with E-state index in [2.05, 4.69) is 0 Å². The zero-order chi connectivity index (χ0) is 16.1. The van der Waals surface area contributed by atoms with Crippen molar-refractivity contribution in [2.45, 2.75) is 0 Å². The fourth-order valence-corrected chi connectivity index (χ4v) is 1.77. The van der Waals surface area contributed by atoms with Crippen LogP contribution in [-0.4, -0.2) is 29.5 Å². The summed E-state index contributed by atoms with van der Waals surface area (Å²) in [5, 5.41) is 20.1. The number of benzene rings is 2. The summed E-state index contributed by atoms with van der Waals surface area (Å²) in [6.45, 7) is -0.283. The Morgan fingerprint density at radius 3 is 2.73 bits per heavy atom. The number of Topliss-reactive ketones (excluding diaryl/α,β-unsaturated/α-hetero) is 1. The maximum atomic E-state index is 12.0. The van der Waals surface area contributed by atoms with Crippen LogP contribution in [0.15, 0.2) is 42.5 Å². The zero-order valence-electron chi connectivity index (χ0n) is 11.7. The second-order valence-electron chi connectivity index (χ2n) is 4.35. The average molecular weight is 303 g/mol. The van der Waals surface area contributed by atoms with Gasteiger partial charge in [-0.15, -0.1) is 0 Å². The number of ether oxygens (including phenoxy) is 2. The number of nitro benzene ring substituents is 1. The lowest BCUT2D eigenvalue weighted by atomic mass is 10.1. The fourth-order valence-electron chi connectivity index (χ4n) is 1.77. The van der Waals surface area contributed by atoms with Gasteiger partial charge in [0.25, 0.3) is 5.69 Å². The maximum Gasteiger partial charge on any atom is 0.273 e. The lowest BCUT2D eigenvalue weighted by Crippen LogP contribution is -2.11. The summed E-state index contributed by atoms with van der Waals surface area (Å²) >= 11 is 0. The van der Waals surface area contributed by atoms with Crippen molar-refractivity contribution in [1.82, 2.24) is 0 Å². The Hall–Kier alpha value is -3.09. The Morgan fingerprint density at radius 2 is 2.05 bits per heavy atom. The van der Waals surface area contributed by atoms with Gasteiger partial charge in [0.1, 0.15) is 5.75 Å². The van der Waals surface area contributed by atoms with Gasteiger partial charge in [-0.25, -0.2) is 0 Å². The molecule has 2 aromatic carbocycles. The molecule has 0 aliphatic heterocycles. The number of ketones is 1. The van der Waals surface area contributed by atoms with Gasteiger partial charge < -0.3 is 14.6 Å². The summed E-state index contributed by atoms with van der Waals surface area (Å²) < 4.78 is 10.2. The minimum atomic E-state index is -0.542. The van der Waals surface area contributed by atoms with Gasteiger partial charge in [-0.05, 0) is 24.3 Å². The van der Waals surface area contributed by atoms with Gasteiger partial charge in [-0.3, -0.25) is 14.9 Å². The van der Waals surface area contributed by atoms with Crippen molar-refractivity contribution in [2.24, 2.45) is 0 Å². The van der Waals surface area contributed by atoms with E-state index in [1.807, 2.05) is 0 Å². The number of non-ortho nitro benzene ring substituents is 1. The molecule has 0 heterocycles. The van der Waals surface area contributed by atoms with Crippen LogP contribution >= 0.6 is 0 Å². The number of phenolic OH excluding ortho intramolecular Hbond substituents is 1. The second-order valence-corrected chi connectivity index (χ2v) is 4.35. The smallest absolute Gasteiger partial charge is 0.273 e. The van der Waals surface area contributed by atoms with Crippen LogP contribution < -0.4 is 9.47 Å². The van der Waals surface area contributed by atoms with E-state index >= 15 is 0 Å². The Balaban J connectivity index is 2.07. The molecule has 0 aliphatic carbocycles. The van der Waals surface area contributed by atoms with Crippen molar-refractivity contribution < 1.29 is 24.3 Å². The molecule has 0 amide bonds. The summed E-state index contributed by atoms with van der Waals surface area (Å²) in [5.41, 5.74) is 0.191. The predicted molar refractivity (Wildman–Crippen MR) is 77.6 cm³/mol. The summed E-state index contributed by atoms with van der Waals surface area (Å²) in [4.78, 5) is 22.1. The normalized spacial score (nSPS) is 10.0. The molecule has 114 valence electrons. The second kappa shape index (κ2) is 6.57. The molecule has 0 bridgehead atoms. The van der Waals surface area contributed by atoms with E-state index in [1.54, 1.807) is 0 Å². The molecule has 2 rings (SSSR count).